The molecular formula is C13H15F4NO3. The molecule has 0 aliphatic rings. The van der Waals surface area contributed by atoms with E-state index < -0.39 is 41.6 Å². The zero-order chi connectivity index (χ0) is 16.0. The van der Waals surface area contributed by atoms with E-state index in [1.807, 2.05) is 6.92 Å². The molecule has 0 aromatic heterocycles. The highest BCUT2D eigenvalue weighted by Crippen LogP contribution is 2.22. The van der Waals surface area contributed by atoms with E-state index in [0.29, 0.717) is 25.0 Å². The van der Waals surface area contributed by atoms with Crippen molar-refractivity contribution in [1.82, 2.24) is 5.32 Å². The van der Waals surface area contributed by atoms with Crippen molar-refractivity contribution in [1.29, 1.82) is 0 Å². The van der Waals surface area contributed by atoms with Gasteiger partial charge in [0, 0.05) is 18.7 Å². The molecule has 0 aliphatic heterocycles. The molecule has 0 spiro atoms. The fourth-order valence-corrected chi connectivity index (χ4v) is 1.67. The third-order valence-corrected chi connectivity index (χ3v) is 2.59. The summed E-state index contributed by atoms with van der Waals surface area (Å²) in [5.41, 5.74) is -0.916. The lowest BCUT2D eigenvalue weighted by Crippen LogP contribution is -2.33. The third-order valence-electron chi connectivity index (χ3n) is 2.59. The van der Waals surface area contributed by atoms with Crippen molar-refractivity contribution in [2.45, 2.75) is 32.5 Å². The van der Waals surface area contributed by atoms with Crippen molar-refractivity contribution < 1.29 is 32.2 Å². The second-order valence-corrected chi connectivity index (χ2v) is 4.29. The lowest BCUT2D eigenvalue weighted by Gasteiger charge is -2.12. The summed E-state index contributed by atoms with van der Waals surface area (Å²) in [7, 11) is 0. The van der Waals surface area contributed by atoms with Crippen LogP contribution in [-0.4, -0.2) is 30.3 Å². The number of ether oxygens (including phenoxy) is 1. The van der Waals surface area contributed by atoms with Gasteiger partial charge >= 0.3 is 6.61 Å². The number of carbonyl (C=O) groups excluding carboxylic acids is 1. The van der Waals surface area contributed by atoms with Crippen molar-refractivity contribution in [3.8, 4) is 5.75 Å². The van der Waals surface area contributed by atoms with Gasteiger partial charge in [-0.3, -0.25) is 4.79 Å². The summed E-state index contributed by atoms with van der Waals surface area (Å²) in [4.78, 5) is 11.6. The Balaban J connectivity index is 2.80. The Labute approximate surface area is 118 Å². The first-order valence-corrected chi connectivity index (χ1v) is 6.25. The maximum atomic E-state index is 13.6. The monoisotopic (exact) mass is 309 g/mol. The van der Waals surface area contributed by atoms with Crippen LogP contribution < -0.4 is 10.1 Å². The SMILES string of the molecule is CCCC(O)CNC(=O)c1c(F)cc(OC(F)F)cc1F. The number of halogens is 4. The van der Waals surface area contributed by atoms with E-state index in [1.165, 1.54) is 0 Å². The Morgan fingerprint density at radius 1 is 1.33 bits per heavy atom. The summed E-state index contributed by atoms with van der Waals surface area (Å²) in [6.07, 6.45) is 0.276. The highest BCUT2D eigenvalue weighted by atomic mass is 19.3. The predicted molar refractivity (Wildman–Crippen MR) is 66.2 cm³/mol. The van der Waals surface area contributed by atoms with Gasteiger partial charge in [0.2, 0.25) is 0 Å². The Kier molecular flexibility index (Phi) is 6.41. The first-order chi connectivity index (χ1) is 9.85. The third kappa shape index (κ3) is 5.22. The van der Waals surface area contributed by atoms with Crippen LogP contribution in [0.25, 0.3) is 0 Å². The molecule has 1 aromatic rings. The number of carbonyl (C=O) groups is 1. The van der Waals surface area contributed by atoms with Gasteiger partial charge in [0.05, 0.1) is 6.10 Å². The smallest absolute Gasteiger partial charge is 0.387 e. The zero-order valence-electron chi connectivity index (χ0n) is 11.2. The second kappa shape index (κ2) is 7.82. The minimum absolute atomic E-state index is 0.166. The number of rotatable bonds is 7. The summed E-state index contributed by atoms with van der Waals surface area (Å²) in [5, 5.41) is 11.6. The maximum absolute atomic E-state index is 13.6. The molecule has 2 N–H and O–H groups in total. The van der Waals surface area contributed by atoms with Crippen LogP contribution in [0.4, 0.5) is 17.6 Å². The number of alkyl halides is 2. The molecule has 8 heteroatoms. The molecular weight excluding hydrogens is 294 g/mol. The standard InChI is InChI=1S/C13H15F4NO3/c1-2-3-7(19)6-18-12(20)11-9(14)4-8(5-10(11)15)21-13(16)17/h4-5,7,13,19H,2-3,6H2,1H3,(H,18,20). The fraction of sp³-hybridized carbons (Fsp3) is 0.462. The van der Waals surface area contributed by atoms with Crippen LogP contribution in [0, 0.1) is 11.6 Å². The van der Waals surface area contributed by atoms with Crippen LogP contribution in [-0.2, 0) is 0 Å². The molecule has 1 atom stereocenters. The van der Waals surface area contributed by atoms with Crippen molar-refractivity contribution in [2.75, 3.05) is 6.54 Å². The van der Waals surface area contributed by atoms with E-state index in [4.69, 9.17) is 0 Å². The summed E-state index contributed by atoms with van der Waals surface area (Å²) < 4.78 is 54.9. The molecule has 118 valence electrons. The summed E-state index contributed by atoms with van der Waals surface area (Å²) in [6, 6.07) is 0.985. The van der Waals surface area contributed by atoms with Crippen LogP contribution in [0.3, 0.4) is 0 Å². The molecule has 0 aliphatic carbocycles. The van der Waals surface area contributed by atoms with E-state index in [0.717, 1.165) is 0 Å². The molecule has 1 unspecified atom stereocenters. The predicted octanol–water partition coefficient (Wildman–Crippen LogP) is 2.46. The van der Waals surface area contributed by atoms with Gasteiger partial charge in [-0.1, -0.05) is 13.3 Å². The zero-order valence-corrected chi connectivity index (χ0v) is 11.2. The van der Waals surface area contributed by atoms with Crippen molar-refractivity contribution >= 4 is 5.91 Å². The van der Waals surface area contributed by atoms with Crippen LogP contribution in [0.15, 0.2) is 12.1 Å². The molecule has 21 heavy (non-hydrogen) atoms. The molecule has 1 amide bonds. The van der Waals surface area contributed by atoms with Gasteiger partial charge in [0.1, 0.15) is 22.9 Å². The van der Waals surface area contributed by atoms with E-state index in [2.05, 4.69) is 10.1 Å². The molecule has 1 aromatic carbocycles. The van der Waals surface area contributed by atoms with Gasteiger partial charge in [-0.15, -0.1) is 0 Å². The number of nitrogens with one attached hydrogen (secondary N) is 1. The summed E-state index contributed by atoms with van der Waals surface area (Å²) >= 11 is 0. The normalized spacial score (nSPS) is 12.3. The van der Waals surface area contributed by atoms with Gasteiger partial charge in [0.25, 0.3) is 5.91 Å². The van der Waals surface area contributed by atoms with Crippen LogP contribution in [0.5, 0.6) is 5.75 Å². The van der Waals surface area contributed by atoms with Crippen LogP contribution in [0.2, 0.25) is 0 Å². The highest BCUT2D eigenvalue weighted by Gasteiger charge is 2.20. The molecule has 0 radical (unpaired) electrons. The Hall–Kier alpha value is -1.83. The Morgan fingerprint density at radius 3 is 2.38 bits per heavy atom. The van der Waals surface area contributed by atoms with Gasteiger partial charge in [0.15, 0.2) is 0 Å². The average Bonchev–Trinajstić information content (AvgIpc) is 2.35. The highest BCUT2D eigenvalue weighted by molar-refractivity contribution is 5.94. The second-order valence-electron chi connectivity index (χ2n) is 4.29. The van der Waals surface area contributed by atoms with Gasteiger partial charge in [-0.25, -0.2) is 8.78 Å². The van der Waals surface area contributed by atoms with Crippen LogP contribution in [0.1, 0.15) is 30.1 Å². The van der Waals surface area contributed by atoms with Crippen LogP contribution >= 0.6 is 0 Å². The van der Waals surface area contributed by atoms with E-state index in [1.54, 1.807) is 0 Å². The number of hydrogen-bond donors (Lipinski definition) is 2. The Bertz CT molecular complexity index is 473. The van der Waals surface area contributed by atoms with Crippen molar-refractivity contribution in [3.05, 3.63) is 29.3 Å². The number of aliphatic hydroxyl groups is 1. The first-order valence-electron chi connectivity index (χ1n) is 6.25. The van der Waals surface area contributed by atoms with Gasteiger partial charge in [-0.2, -0.15) is 8.78 Å². The largest absolute Gasteiger partial charge is 0.435 e. The topological polar surface area (TPSA) is 58.6 Å². The first kappa shape index (κ1) is 17.2. The van der Waals surface area contributed by atoms with Crippen molar-refractivity contribution in [3.63, 3.8) is 0 Å². The number of amides is 1. The number of aliphatic hydroxyl groups excluding tert-OH is 1. The molecule has 0 saturated carbocycles. The number of hydrogen-bond acceptors (Lipinski definition) is 3. The van der Waals surface area contributed by atoms with Crippen molar-refractivity contribution in [2.24, 2.45) is 0 Å². The molecule has 0 heterocycles. The van der Waals surface area contributed by atoms with Gasteiger partial charge in [-0.05, 0) is 6.42 Å². The molecule has 1 rings (SSSR count). The lowest BCUT2D eigenvalue weighted by molar-refractivity contribution is -0.0501. The fourth-order valence-electron chi connectivity index (χ4n) is 1.67. The molecule has 0 saturated heterocycles. The van der Waals surface area contributed by atoms with E-state index >= 15 is 0 Å². The minimum Gasteiger partial charge on any atom is -0.435 e. The molecule has 4 nitrogen and oxygen atoms in total. The Morgan fingerprint density at radius 2 is 1.90 bits per heavy atom. The lowest BCUT2D eigenvalue weighted by atomic mass is 10.1. The molecule has 0 bridgehead atoms. The van der Waals surface area contributed by atoms with E-state index in [9.17, 15) is 27.5 Å². The van der Waals surface area contributed by atoms with E-state index in [-0.39, 0.29) is 6.54 Å². The minimum atomic E-state index is -3.23. The maximum Gasteiger partial charge on any atom is 0.387 e. The number of benzene rings is 1. The van der Waals surface area contributed by atoms with Gasteiger partial charge < -0.3 is 15.2 Å². The molecule has 0 fully saturated rings. The average molecular weight is 309 g/mol. The summed E-state index contributed by atoms with van der Waals surface area (Å²) in [5.74, 6) is -4.45. The quantitative estimate of drug-likeness (QED) is 0.761. The summed E-state index contributed by atoms with van der Waals surface area (Å²) in [6.45, 7) is -1.57.